The number of aromatic amines is 1. The molecule has 0 aliphatic carbocycles. The van der Waals surface area contributed by atoms with E-state index < -0.39 is 0 Å². The average molecular weight is 344 g/mol. The number of carbonyl (C=O) groups is 1. The first-order valence-electron chi connectivity index (χ1n) is 7.59. The predicted octanol–water partition coefficient (Wildman–Crippen LogP) is 1.26. The second kappa shape index (κ2) is 7.67. The normalized spacial score (nSPS) is 10.8. The van der Waals surface area contributed by atoms with Gasteiger partial charge in [-0.15, -0.1) is 5.10 Å². The number of nitrogens with one attached hydrogen (secondary N) is 2. The van der Waals surface area contributed by atoms with Gasteiger partial charge >= 0.3 is 0 Å². The summed E-state index contributed by atoms with van der Waals surface area (Å²) in [5.41, 5.74) is 2.14. The number of methoxy groups -OCH3 is 1. The lowest BCUT2D eigenvalue weighted by molar-refractivity contribution is 0.0945. The number of carbonyl (C=O) groups excluding carboxylic acids is 1. The summed E-state index contributed by atoms with van der Waals surface area (Å²) >= 11 is 0. The third kappa shape index (κ3) is 4.27. The summed E-state index contributed by atoms with van der Waals surface area (Å²) in [6.45, 7) is 0.873. The van der Waals surface area contributed by atoms with Gasteiger partial charge in [-0.3, -0.25) is 9.89 Å². The number of hydrogen-bond donors (Lipinski definition) is 2. The second-order valence-corrected chi connectivity index (χ2v) is 5.39. The van der Waals surface area contributed by atoms with Gasteiger partial charge in [0.1, 0.15) is 5.82 Å². The van der Waals surface area contributed by atoms with E-state index in [1.807, 2.05) is 0 Å². The van der Waals surface area contributed by atoms with Crippen molar-refractivity contribution in [2.75, 3.05) is 7.11 Å². The summed E-state index contributed by atoms with van der Waals surface area (Å²) in [4.78, 5) is 12.1. The van der Waals surface area contributed by atoms with Crippen LogP contribution in [0.25, 0.3) is 0 Å². The first kappa shape index (κ1) is 16.8. The van der Waals surface area contributed by atoms with Gasteiger partial charge < -0.3 is 10.1 Å². The molecule has 0 fully saturated rings. The molecular formula is C16H17FN6O2. The Morgan fingerprint density at radius 1 is 1.40 bits per heavy atom. The third-order valence-electron chi connectivity index (χ3n) is 3.48. The van der Waals surface area contributed by atoms with Crippen LogP contribution in [0.3, 0.4) is 0 Å². The molecule has 3 aromatic rings. The van der Waals surface area contributed by atoms with Gasteiger partial charge in [-0.2, -0.15) is 5.10 Å². The molecule has 0 bridgehead atoms. The minimum Gasteiger partial charge on any atom is -0.378 e. The van der Waals surface area contributed by atoms with E-state index in [1.54, 1.807) is 31.4 Å². The molecule has 130 valence electrons. The lowest BCUT2D eigenvalue weighted by Crippen LogP contribution is -2.23. The van der Waals surface area contributed by atoms with Crippen LogP contribution in [0.4, 0.5) is 4.39 Å². The second-order valence-electron chi connectivity index (χ2n) is 5.39. The summed E-state index contributed by atoms with van der Waals surface area (Å²) in [6.07, 6.45) is 1.48. The molecule has 0 saturated heterocycles. The fraction of sp³-hybridized carbons (Fsp3) is 0.250. The Kier molecular flexibility index (Phi) is 5.14. The monoisotopic (exact) mass is 344 g/mol. The quantitative estimate of drug-likeness (QED) is 0.672. The van der Waals surface area contributed by atoms with E-state index in [0.717, 1.165) is 11.4 Å². The zero-order valence-corrected chi connectivity index (χ0v) is 13.6. The molecule has 2 heterocycles. The molecule has 1 aromatic carbocycles. The number of H-pyrrole nitrogens is 1. The predicted molar refractivity (Wildman–Crippen MR) is 86.0 cm³/mol. The minimum atomic E-state index is -0.373. The Bertz CT molecular complexity index is 860. The Hall–Kier alpha value is -3.07. The van der Waals surface area contributed by atoms with Crippen molar-refractivity contribution in [3.05, 3.63) is 65.0 Å². The van der Waals surface area contributed by atoms with E-state index in [-0.39, 0.29) is 30.5 Å². The number of benzene rings is 1. The molecular weight excluding hydrogens is 327 g/mol. The van der Waals surface area contributed by atoms with Gasteiger partial charge in [0, 0.05) is 12.7 Å². The first-order valence-corrected chi connectivity index (χ1v) is 7.59. The molecule has 25 heavy (non-hydrogen) atoms. The maximum Gasteiger partial charge on any atom is 0.273 e. The van der Waals surface area contributed by atoms with Crippen molar-refractivity contribution in [2.45, 2.75) is 19.7 Å². The molecule has 9 heteroatoms. The van der Waals surface area contributed by atoms with Crippen LogP contribution >= 0.6 is 0 Å². The topological polar surface area (TPSA) is 97.7 Å². The van der Waals surface area contributed by atoms with E-state index in [9.17, 15) is 9.18 Å². The Balaban J connectivity index is 1.57. The van der Waals surface area contributed by atoms with Crippen molar-refractivity contribution in [3.8, 4) is 0 Å². The van der Waals surface area contributed by atoms with E-state index in [1.165, 1.54) is 16.9 Å². The van der Waals surface area contributed by atoms with Crippen molar-refractivity contribution in [3.63, 3.8) is 0 Å². The Labute approximate surface area is 143 Å². The lowest BCUT2D eigenvalue weighted by Gasteiger charge is -2.02. The van der Waals surface area contributed by atoms with Gasteiger partial charge in [0.2, 0.25) is 0 Å². The van der Waals surface area contributed by atoms with Crippen molar-refractivity contribution in [1.29, 1.82) is 0 Å². The van der Waals surface area contributed by atoms with Crippen LogP contribution in [-0.4, -0.2) is 38.2 Å². The number of halogens is 1. The maximum atomic E-state index is 13.6. The Morgan fingerprint density at radius 2 is 2.24 bits per heavy atom. The summed E-state index contributed by atoms with van der Waals surface area (Å²) in [7, 11) is 1.58. The zero-order chi connectivity index (χ0) is 17.6. The zero-order valence-electron chi connectivity index (χ0n) is 13.6. The van der Waals surface area contributed by atoms with E-state index in [2.05, 4.69) is 25.8 Å². The van der Waals surface area contributed by atoms with Crippen molar-refractivity contribution in [1.82, 2.24) is 30.5 Å². The molecule has 0 aliphatic heterocycles. The lowest BCUT2D eigenvalue weighted by atomic mass is 10.2. The fourth-order valence-corrected chi connectivity index (χ4v) is 2.27. The van der Waals surface area contributed by atoms with Crippen molar-refractivity contribution < 1.29 is 13.9 Å². The maximum absolute atomic E-state index is 13.6. The standard InChI is InChI=1S/C16H17FN6O2/c1-25-10-13-6-12(19-20-13)7-18-16(24)15-9-23(22-21-15)8-11-4-2-3-5-14(11)17/h2-6,9H,7-8,10H2,1H3,(H,18,24)(H,19,20). The highest BCUT2D eigenvalue weighted by atomic mass is 19.1. The number of amides is 1. The SMILES string of the molecule is COCc1cc(CNC(=O)c2cn(Cc3ccccc3F)nn2)[nH]n1. The third-order valence-corrected chi connectivity index (χ3v) is 3.48. The first-order chi connectivity index (χ1) is 12.2. The van der Waals surface area contributed by atoms with Gasteiger partial charge in [0.25, 0.3) is 5.91 Å². The van der Waals surface area contributed by atoms with Crippen LogP contribution < -0.4 is 5.32 Å². The van der Waals surface area contributed by atoms with Crippen LogP contribution in [0.15, 0.2) is 36.5 Å². The van der Waals surface area contributed by atoms with Crippen LogP contribution in [0.1, 0.15) is 27.4 Å². The van der Waals surface area contributed by atoms with E-state index in [0.29, 0.717) is 12.2 Å². The van der Waals surface area contributed by atoms with Gasteiger partial charge in [0.15, 0.2) is 5.69 Å². The molecule has 0 atom stereocenters. The van der Waals surface area contributed by atoms with Crippen LogP contribution in [0.2, 0.25) is 0 Å². The number of aromatic nitrogens is 5. The molecule has 3 rings (SSSR count). The molecule has 0 saturated carbocycles. The molecule has 8 nitrogen and oxygen atoms in total. The minimum absolute atomic E-state index is 0.160. The molecule has 0 spiro atoms. The summed E-state index contributed by atoms with van der Waals surface area (Å²) in [6, 6.07) is 8.20. The van der Waals surface area contributed by atoms with Gasteiger partial charge in [-0.25, -0.2) is 9.07 Å². The average Bonchev–Trinajstić information content (AvgIpc) is 3.25. The van der Waals surface area contributed by atoms with Gasteiger partial charge in [-0.1, -0.05) is 23.4 Å². The molecule has 2 N–H and O–H groups in total. The van der Waals surface area contributed by atoms with Crippen LogP contribution in [0, 0.1) is 5.82 Å². The molecule has 1 amide bonds. The summed E-state index contributed by atoms with van der Waals surface area (Å²) < 4.78 is 20.0. The van der Waals surface area contributed by atoms with E-state index in [4.69, 9.17) is 4.74 Å². The fourth-order valence-electron chi connectivity index (χ4n) is 2.27. The molecule has 0 aliphatic rings. The van der Waals surface area contributed by atoms with Crippen LogP contribution in [0.5, 0.6) is 0 Å². The highest BCUT2D eigenvalue weighted by Gasteiger charge is 2.12. The number of rotatable bonds is 7. The molecule has 0 radical (unpaired) electrons. The summed E-state index contributed by atoms with van der Waals surface area (Å²) in [5, 5.41) is 17.3. The number of hydrogen-bond acceptors (Lipinski definition) is 5. The Morgan fingerprint density at radius 3 is 3.04 bits per heavy atom. The van der Waals surface area contributed by atoms with Crippen molar-refractivity contribution >= 4 is 5.91 Å². The molecule has 0 unspecified atom stereocenters. The smallest absolute Gasteiger partial charge is 0.273 e. The van der Waals surface area contributed by atoms with Crippen molar-refractivity contribution in [2.24, 2.45) is 0 Å². The highest BCUT2D eigenvalue weighted by molar-refractivity contribution is 5.91. The number of nitrogens with zero attached hydrogens (tertiary/aromatic N) is 4. The van der Waals surface area contributed by atoms with E-state index >= 15 is 0 Å². The van der Waals surface area contributed by atoms with Crippen LogP contribution in [-0.2, 0) is 24.4 Å². The van der Waals surface area contributed by atoms with Gasteiger partial charge in [0.05, 0.1) is 37.3 Å². The number of ether oxygens (including phenoxy) is 1. The highest BCUT2D eigenvalue weighted by Crippen LogP contribution is 2.08. The summed E-state index contributed by atoms with van der Waals surface area (Å²) in [5.74, 6) is -0.696. The van der Waals surface area contributed by atoms with Gasteiger partial charge in [-0.05, 0) is 12.1 Å². The molecule has 2 aromatic heterocycles. The largest absolute Gasteiger partial charge is 0.378 e.